The minimum absolute atomic E-state index is 0.258. The summed E-state index contributed by atoms with van der Waals surface area (Å²) in [7, 11) is 0. The van der Waals surface area contributed by atoms with Gasteiger partial charge >= 0.3 is 17.8 Å². The third-order valence-electron chi connectivity index (χ3n) is 4.59. The first-order valence-electron chi connectivity index (χ1n) is 10.1. The lowest BCUT2D eigenvalue weighted by Gasteiger charge is -2.07. The lowest BCUT2D eigenvalue weighted by molar-refractivity contribution is -0.136. The molecule has 0 atom stereocenters. The highest BCUT2D eigenvalue weighted by Crippen LogP contribution is 2.16. The smallest absolute Gasteiger partial charge is 0.343 e. The molecule has 0 aliphatic heterocycles. The number of carbonyl (C=O) groups is 3. The Labute approximate surface area is 200 Å². The van der Waals surface area contributed by atoms with Gasteiger partial charge in [0.15, 0.2) is 0 Å². The molecule has 0 radical (unpaired) electrons. The first-order valence-corrected chi connectivity index (χ1v) is 10.4. The lowest BCUT2D eigenvalue weighted by Crippen LogP contribution is -2.32. The van der Waals surface area contributed by atoms with Crippen molar-refractivity contribution in [1.29, 1.82) is 5.26 Å². The summed E-state index contributed by atoms with van der Waals surface area (Å²) < 4.78 is 5.32. The largest absolute Gasteiger partial charge is 0.423 e. The molecule has 0 unspecified atom stereocenters. The van der Waals surface area contributed by atoms with Gasteiger partial charge in [0, 0.05) is 10.7 Å². The van der Waals surface area contributed by atoms with Gasteiger partial charge in [0.25, 0.3) is 0 Å². The van der Waals surface area contributed by atoms with E-state index in [2.05, 4.69) is 15.8 Å². The van der Waals surface area contributed by atoms with Crippen molar-refractivity contribution < 1.29 is 19.1 Å². The zero-order valence-corrected chi connectivity index (χ0v) is 18.8. The predicted molar refractivity (Wildman–Crippen MR) is 128 cm³/mol. The van der Waals surface area contributed by atoms with E-state index in [0.29, 0.717) is 33.3 Å². The van der Waals surface area contributed by atoms with Crippen LogP contribution in [0.1, 0.15) is 28.4 Å². The molecule has 8 nitrogen and oxygen atoms in total. The molecule has 0 aromatic heterocycles. The number of ether oxygens (including phenoxy) is 1. The molecule has 0 saturated heterocycles. The average Bonchev–Trinajstić information content (AvgIpc) is 2.84. The van der Waals surface area contributed by atoms with Gasteiger partial charge in [-0.1, -0.05) is 23.7 Å². The topological polar surface area (TPSA) is 121 Å². The number of rotatable bonds is 6. The van der Waals surface area contributed by atoms with Crippen molar-refractivity contribution in [1.82, 2.24) is 5.43 Å². The molecule has 2 amide bonds. The molecular formula is C25H19ClN4O4. The minimum atomic E-state index is -0.936. The van der Waals surface area contributed by atoms with E-state index < -0.39 is 17.8 Å². The fourth-order valence-corrected chi connectivity index (χ4v) is 2.88. The monoisotopic (exact) mass is 474 g/mol. The summed E-state index contributed by atoms with van der Waals surface area (Å²) in [5.41, 5.74) is 4.89. The van der Waals surface area contributed by atoms with Gasteiger partial charge in [-0.25, -0.2) is 10.2 Å². The molecule has 3 rings (SSSR count). The van der Waals surface area contributed by atoms with Crippen molar-refractivity contribution in [3.05, 3.63) is 94.5 Å². The molecule has 0 spiro atoms. The molecule has 3 aromatic carbocycles. The molecule has 0 saturated carbocycles. The number of hydrogen-bond acceptors (Lipinski definition) is 6. The number of benzene rings is 3. The van der Waals surface area contributed by atoms with Gasteiger partial charge < -0.3 is 10.1 Å². The quantitative estimate of drug-likeness (QED) is 0.183. The fraction of sp³-hybridized carbons (Fsp3) is 0.0800. The van der Waals surface area contributed by atoms with Crippen LogP contribution in [0.5, 0.6) is 5.75 Å². The second-order valence-corrected chi connectivity index (χ2v) is 7.48. The highest BCUT2D eigenvalue weighted by molar-refractivity contribution is 6.39. The molecule has 3 aromatic rings. The number of halogens is 1. The van der Waals surface area contributed by atoms with Crippen LogP contribution in [0.25, 0.3) is 0 Å². The van der Waals surface area contributed by atoms with E-state index in [9.17, 15) is 14.4 Å². The van der Waals surface area contributed by atoms with Crippen LogP contribution in [0.15, 0.2) is 77.9 Å². The van der Waals surface area contributed by atoms with E-state index in [1.54, 1.807) is 79.7 Å². The summed E-state index contributed by atoms with van der Waals surface area (Å²) in [4.78, 5) is 36.3. The first kappa shape index (κ1) is 24.2. The average molecular weight is 475 g/mol. The maximum atomic E-state index is 12.2. The number of nitriles is 1. The van der Waals surface area contributed by atoms with Crippen molar-refractivity contribution in [3.8, 4) is 11.8 Å². The normalized spacial score (nSPS) is 10.7. The molecule has 34 heavy (non-hydrogen) atoms. The number of anilines is 1. The number of nitrogens with one attached hydrogen (secondary N) is 2. The highest BCUT2D eigenvalue weighted by Gasteiger charge is 2.14. The van der Waals surface area contributed by atoms with E-state index in [0.717, 1.165) is 5.56 Å². The third kappa shape index (κ3) is 6.76. The maximum Gasteiger partial charge on any atom is 0.343 e. The number of carbonyl (C=O) groups excluding carboxylic acids is 3. The number of esters is 1. The van der Waals surface area contributed by atoms with Crippen molar-refractivity contribution >= 4 is 40.8 Å². The summed E-state index contributed by atoms with van der Waals surface area (Å²) in [5, 5.41) is 15.6. The molecule has 0 aliphatic carbocycles. The van der Waals surface area contributed by atoms with E-state index in [4.69, 9.17) is 21.6 Å². The highest BCUT2D eigenvalue weighted by atomic mass is 35.5. The van der Waals surface area contributed by atoms with Crippen molar-refractivity contribution in [3.63, 3.8) is 0 Å². The Morgan fingerprint density at radius 2 is 1.53 bits per heavy atom. The Balaban J connectivity index is 1.54. The van der Waals surface area contributed by atoms with Crippen LogP contribution in [0.3, 0.4) is 0 Å². The van der Waals surface area contributed by atoms with E-state index in [-0.39, 0.29) is 6.42 Å². The Hall–Kier alpha value is -4.48. The van der Waals surface area contributed by atoms with Crippen LogP contribution in [0, 0.1) is 11.3 Å². The number of hydrogen-bond donors (Lipinski definition) is 2. The van der Waals surface area contributed by atoms with Crippen molar-refractivity contribution in [2.45, 2.75) is 13.3 Å². The van der Waals surface area contributed by atoms with Gasteiger partial charge in [0.2, 0.25) is 0 Å². The molecule has 170 valence electrons. The van der Waals surface area contributed by atoms with Gasteiger partial charge in [0.05, 0.1) is 23.8 Å². The van der Waals surface area contributed by atoms with Crippen LogP contribution in [-0.2, 0) is 16.0 Å². The Morgan fingerprint density at radius 1 is 0.912 bits per heavy atom. The summed E-state index contributed by atoms with van der Waals surface area (Å²) in [6.07, 6.45) is 0.258. The predicted octanol–water partition coefficient (Wildman–Crippen LogP) is 4.10. The Bertz CT molecular complexity index is 1260. The Kier molecular flexibility index (Phi) is 8.11. The molecule has 0 aliphatic rings. The van der Waals surface area contributed by atoms with Crippen LogP contribution in [0.4, 0.5) is 5.69 Å². The van der Waals surface area contributed by atoms with Crippen molar-refractivity contribution in [2.24, 2.45) is 5.10 Å². The van der Waals surface area contributed by atoms with Crippen LogP contribution in [-0.4, -0.2) is 23.5 Å². The lowest BCUT2D eigenvalue weighted by atomic mass is 10.1. The molecule has 2 N–H and O–H groups in total. The van der Waals surface area contributed by atoms with Gasteiger partial charge in [-0.15, -0.1) is 0 Å². The van der Waals surface area contributed by atoms with E-state index in [1.165, 1.54) is 0 Å². The van der Waals surface area contributed by atoms with Gasteiger partial charge in [0.1, 0.15) is 5.75 Å². The molecular weight excluding hydrogens is 456 g/mol. The molecule has 0 heterocycles. The zero-order valence-electron chi connectivity index (χ0n) is 18.0. The molecule has 0 fully saturated rings. The minimum Gasteiger partial charge on any atom is -0.423 e. The van der Waals surface area contributed by atoms with Crippen LogP contribution < -0.4 is 15.5 Å². The second kappa shape index (κ2) is 11.4. The van der Waals surface area contributed by atoms with Gasteiger partial charge in [-0.05, 0) is 78.7 Å². The Morgan fingerprint density at radius 3 is 2.15 bits per heavy atom. The van der Waals surface area contributed by atoms with E-state index >= 15 is 0 Å². The first-order chi connectivity index (χ1) is 16.4. The number of nitrogens with zero attached hydrogens (tertiary/aromatic N) is 2. The summed E-state index contributed by atoms with van der Waals surface area (Å²) in [6.45, 7) is 1.65. The van der Waals surface area contributed by atoms with Crippen molar-refractivity contribution in [2.75, 3.05) is 5.32 Å². The van der Waals surface area contributed by atoms with Gasteiger partial charge in [-0.2, -0.15) is 10.4 Å². The fourth-order valence-electron chi connectivity index (χ4n) is 2.75. The van der Waals surface area contributed by atoms with Crippen LogP contribution in [0.2, 0.25) is 5.02 Å². The van der Waals surface area contributed by atoms with Gasteiger partial charge in [-0.3, -0.25) is 9.59 Å². The zero-order chi connectivity index (χ0) is 24.5. The second-order valence-electron chi connectivity index (χ2n) is 7.04. The molecule has 9 heteroatoms. The summed E-state index contributed by atoms with van der Waals surface area (Å²) in [6, 6.07) is 21.5. The van der Waals surface area contributed by atoms with Crippen LogP contribution >= 0.6 is 11.6 Å². The third-order valence-corrected chi connectivity index (χ3v) is 4.84. The standard InChI is InChI=1S/C25H19ClN4O4/c1-16(29-30-24(32)23(31)28-21-10-2-17(3-11-21)14-15-27)18-6-12-22(13-7-18)34-25(33)19-4-8-20(26)9-5-19/h2-13H,14H2,1H3,(H,28,31)(H,30,32). The number of hydrazone groups is 1. The maximum absolute atomic E-state index is 12.2. The summed E-state index contributed by atoms with van der Waals surface area (Å²) in [5.74, 6) is -2.00. The molecule has 0 bridgehead atoms. The SMILES string of the molecule is CC(=NNC(=O)C(=O)Nc1ccc(CC#N)cc1)c1ccc(OC(=O)c2ccc(Cl)cc2)cc1. The van der Waals surface area contributed by atoms with E-state index in [1.807, 2.05) is 6.07 Å². The summed E-state index contributed by atoms with van der Waals surface area (Å²) >= 11 is 5.82. The number of amides is 2.